The largest absolute Gasteiger partial charge is 0.478 e. The van der Waals surface area contributed by atoms with Crippen molar-refractivity contribution in [2.75, 3.05) is 11.4 Å². The first kappa shape index (κ1) is 13.5. The minimum Gasteiger partial charge on any atom is -0.478 e. The second kappa shape index (κ2) is 5.47. The van der Waals surface area contributed by atoms with E-state index in [0.29, 0.717) is 11.6 Å². The number of benzene rings is 1. The van der Waals surface area contributed by atoms with Crippen molar-refractivity contribution in [3.05, 3.63) is 29.3 Å². The molecule has 108 valence electrons. The van der Waals surface area contributed by atoms with Crippen LogP contribution in [0.5, 0.6) is 0 Å². The number of carboxylic acid groups (broad SMARTS) is 1. The predicted molar refractivity (Wildman–Crippen MR) is 80.5 cm³/mol. The van der Waals surface area contributed by atoms with Crippen LogP contribution in [0.25, 0.3) is 0 Å². The van der Waals surface area contributed by atoms with Gasteiger partial charge in [0.15, 0.2) is 0 Å². The average molecular weight is 273 g/mol. The number of aryl methyl sites for hydroxylation is 1. The van der Waals surface area contributed by atoms with Crippen molar-refractivity contribution in [3.8, 4) is 0 Å². The highest BCUT2D eigenvalue weighted by Crippen LogP contribution is 2.38. The van der Waals surface area contributed by atoms with Gasteiger partial charge in [0.2, 0.25) is 0 Å². The van der Waals surface area contributed by atoms with Gasteiger partial charge in [-0.2, -0.15) is 0 Å². The van der Waals surface area contributed by atoms with Crippen LogP contribution in [-0.2, 0) is 0 Å². The number of rotatable bonds is 2. The van der Waals surface area contributed by atoms with E-state index in [-0.39, 0.29) is 0 Å². The third kappa shape index (κ3) is 2.41. The summed E-state index contributed by atoms with van der Waals surface area (Å²) in [6, 6.07) is 6.41. The molecular weight excluding hydrogens is 250 g/mol. The molecule has 0 aromatic heterocycles. The zero-order valence-electron chi connectivity index (χ0n) is 12.1. The number of piperidine rings is 1. The Morgan fingerprint density at radius 2 is 1.95 bits per heavy atom. The number of fused-ring (bicyclic) bond motifs is 1. The molecule has 3 heteroatoms. The first-order valence-electron chi connectivity index (χ1n) is 7.77. The van der Waals surface area contributed by atoms with Crippen molar-refractivity contribution >= 4 is 11.7 Å². The molecule has 2 atom stereocenters. The molecule has 3 nitrogen and oxygen atoms in total. The minimum atomic E-state index is -0.804. The Bertz CT molecular complexity index is 510. The van der Waals surface area contributed by atoms with Crippen molar-refractivity contribution < 1.29 is 9.90 Å². The molecule has 1 heterocycles. The third-order valence-electron chi connectivity index (χ3n) is 4.94. The fourth-order valence-corrected chi connectivity index (χ4v) is 4.00. The fraction of sp³-hybridized carbons (Fsp3) is 0.588. The molecule has 3 rings (SSSR count). The lowest BCUT2D eigenvalue weighted by molar-refractivity contribution is 0.0697. The van der Waals surface area contributed by atoms with E-state index in [4.69, 9.17) is 0 Å². The summed E-state index contributed by atoms with van der Waals surface area (Å²) in [4.78, 5) is 13.9. The molecule has 0 spiro atoms. The van der Waals surface area contributed by atoms with Gasteiger partial charge in [-0.3, -0.25) is 0 Å². The molecule has 0 amide bonds. The number of carbonyl (C=O) groups is 1. The number of anilines is 1. The average Bonchev–Trinajstić information content (AvgIpc) is 2.46. The van der Waals surface area contributed by atoms with Crippen molar-refractivity contribution in [1.29, 1.82) is 0 Å². The third-order valence-corrected chi connectivity index (χ3v) is 4.94. The summed E-state index contributed by atoms with van der Waals surface area (Å²) in [6.45, 7) is 2.96. The lowest BCUT2D eigenvalue weighted by atomic mass is 9.78. The second-order valence-electron chi connectivity index (χ2n) is 6.27. The smallest absolute Gasteiger partial charge is 0.337 e. The monoisotopic (exact) mass is 273 g/mol. The van der Waals surface area contributed by atoms with Crippen molar-refractivity contribution in [1.82, 2.24) is 0 Å². The van der Waals surface area contributed by atoms with E-state index in [1.807, 2.05) is 25.1 Å². The lowest BCUT2D eigenvalue weighted by Crippen LogP contribution is -2.47. The zero-order valence-corrected chi connectivity index (χ0v) is 12.1. The molecule has 1 aliphatic carbocycles. The van der Waals surface area contributed by atoms with Crippen LogP contribution in [-0.4, -0.2) is 23.7 Å². The van der Waals surface area contributed by atoms with Gasteiger partial charge in [0.1, 0.15) is 0 Å². The molecule has 1 aromatic carbocycles. The Morgan fingerprint density at radius 3 is 2.75 bits per heavy atom. The summed E-state index contributed by atoms with van der Waals surface area (Å²) in [7, 11) is 0. The van der Waals surface area contributed by atoms with Gasteiger partial charge in [0.25, 0.3) is 0 Å². The molecule has 1 aromatic rings. The van der Waals surface area contributed by atoms with Gasteiger partial charge in [-0.05, 0) is 50.7 Å². The zero-order chi connectivity index (χ0) is 14.1. The highest BCUT2D eigenvalue weighted by molar-refractivity contribution is 5.94. The first-order valence-corrected chi connectivity index (χ1v) is 7.77. The molecule has 1 saturated carbocycles. The maximum atomic E-state index is 11.6. The van der Waals surface area contributed by atoms with E-state index in [9.17, 15) is 9.90 Å². The molecule has 1 N–H and O–H groups in total. The van der Waals surface area contributed by atoms with Crippen LogP contribution in [0.2, 0.25) is 0 Å². The van der Waals surface area contributed by atoms with Gasteiger partial charge in [0, 0.05) is 12.6 Å². The summed E-state index contributed by atoms with van der Waals surface area (Å²) in [5, 5.41) is 9.49. The highest BCUT2D eigenvalue weighted by atomic mass is 16.4. The quantitative estimate of drug-likeness (QED) is 0.889. The number of nitrogens with zero attached hydrogens (tertiary/aromatic N) is 1. The molecule has 0 bridgehead atoms. The van der Waals surface area contributed by atoms with Crippen LogP contribution < -0.4 is 4.90 Å². The van der Waals surface area contributed by atoms with Crippen LogP contribution in [0.4, 0.5) is 5.69 Å². The van der Waals surface area contributed by atoms with Gasteiger partial charge >= 0.3 is 5.97 Å². The first-order chi connectivity index (χ1) is 9.66. The molecule has 2 fully saturated rings. The van der Waals surface area contributed by atoms with E-state index in [0.717, 1.165) is 23.7 Å². The van der Waals surface area contributed by atoms with Crippen LogP contribution in [0.15, 0.2) is 18.2 Å². The Hall–Kier alpha value is -1.51. The molecule has 1 saturated heterocycles. The molecule has 0 radical (unpaired) electrons. The van der Waals surface area contributed by atoms with Gasteiger partial charge in [-0.1, -0.05) is 24.5 Å². The van der Waals surface area contributed by atoms with Gasteiger partial charge in [0.05, 0.1) is 11.3 Å². The topological polar surface area (TPSA) is 40.5 Å². The molecule has 2 aliphatic rings. The maximum Gasteiger partial charge on any atom is 0.337 e. The van der Waals surface area contributed by atoms with Gasteiger partial charge in [-0.25, -0.2) is 4.79 Å². The Labute approximate surface area is 120 Å². The summed E-state index contributed by atoms with van der Waals surface area (Å²) in [6.07, 6.45) is 7.66. The second-order valence-corrected chi connectivity index (χ2v) is 6.27. The summed E-state index contributed by atoms with van der Waals surface area (Å²) in [5.41, 5.74) is 2.42. The normalized spacial score (nSPS) is 26.1. The van der Waals surface area contributed by atoms with Gasteiger partial charge < -0.3 is 10.0 Å². The number of aromatic carboxylic acids is 1. The number of hydrogen-bond acceptors (Lipinski definition) is 2. The number of hydrogen-bond donors (Lipinski definition) is 1. The van der Waals surface area contributed by atoms with Gasteiger partial charge in [-0.15, -0.1) is 0 Å². The lowest BCUT2D eigenvalue weighted by Gasteiger charge is -2.45. The Balaban J connectivity index is 1.96. The standard InChI is InChI=1S/C17H23NO2/c1-12-8-9-16(14(11-12)17(19)20)18-10-4-6-13-5-2-3-7-15(13)18/h8-9,11,13,15H,2-7,10H2,1H3,(H,19,20). The van der Waals surface area contributed by atoms with Crippen LogP contribution >= 0.6 is 0 Å². The maximum absolute atomic E-state index is 11.6. The van der Waals surface area contributed by atoms with E-state index in [1.165, 1.54) is 38.5 Å². The van der Waals surface area contributed by atoms with Crippen molar-refractivity contribution in [2.45, 2.75) is 51.5 Å². The molecular formula is C17H23NO2. The Morgan fingerprint density at radius 1 is 1.20 bits per heavy atom. The SMILES string of the molecule is Cc1ccc(N2CCCC3CCCCC32)c(C(=O)O)c1. The van der Waals surface area contributed by atoms with Crippen LogP contribution in [0, 0.1) is 12.8 Å². The van der Waals surface area contributed by atoms with E-state index in [1.54, 1.807) is 0 Å². The van der Waals surface area contributed by atoms with E-state index in [2.05, 4.69) is 4.90 Å². The minimum absolute atomic E-state index is 0.469. The Kier molecular flexibility index (Phi) is 3.68. The number of carboxylic acids is 1. The molecule has 2 unspecified atom stereocenters. The van der Waals surface area contributed by atoms with Crippen molar-refractivity contribution in [2.24, 2.45) is 5.92 Å². The summed E-state index contributed by atoms with van der Waals surface area (Å²) >= 11 is 0. The predicted octanol–water partition coefficient (Wildman–Crippen LogP) is 3.85. The fourth-order valence-electron chi connectivity index (χ4n) is 4.00. The van der Waals surface area contributed by atoms with Crippen LogP contribution in [0.3, 0.4) is 0 Å². The summed E-state index contributed by atoms with van der Waals surface area (Å²) < 4.78 is 0. The summed E-state index contributed by atoms with van der Waals surface area (Å²) in [5.74, 6) is -0.0397. The highest BCUT2D eigenvalue weighted by Gasteiger charge is 2.34. The van der Waals surface area contributed by atoms with E-state index >= 15 is 0 Å². The molecule has 20 heavy (non-hydrogen) atoms. The van der Waals surface area contributed by atoms with Crippen molar-refractivity contribution in [3.63, 3.8) is 0 Å². The van der Waals surface area contributed by atoms with Crippen LogP contribution in [0.1, 0.15) is 54.4 Å². The van der Waals surface area contributed by atoms with E-state index < -0.39 is 5.97 Å². The molecule has 1 aliphatic heterocycles.